The van der Waals surface area contributed by atoms with Gasteiger partial charge in [-0.2, -0.15) is 0 Å². The van der Waals surface area contributed by atoms with Crippen LogP contribution in [0.1, 0.15) is 17.5 Å². The summed E-state index contributed by atoms with van der Waals surface area (Å²) in [7, 11) is 0. The second-order valence-electron chi connectivity index (χ2n) is 5.92. The maximum absolute atomic E-state index is 13.9. The van der Waals surface area contributed by atoms with Gasteiger partial charge < -0.3 is 4.74 Å². The van der Waals surface area contributed by atoms with Gasteiger partial charge in [0.25, 0.3) is 0 Å². The van der Waals surface area contributed by atoms with E-state index in [-0.39, 0.29) is 0 Å². The van der Waals surface area contributed by atoms with Crippen molar-refractivity contribution in [1.29, 1.82) is 0 Å². The summed E-state index contributed by atoms with van der Waals surface area (Å²) in [5, 5.41) is 0. The van der Waals surface area contributed by atoms with Crippen LogP contribution in [0, 0.1) is 11.7 Å². The Labute approximate surface area is 137 Å². The average Bonchev–Trinajstić information content (AvgIpc) is 2.54. The molecular formula is C19H16F4O. The van der Waals surface area contributed by atoms with Crippen LogP contribution in [0.5, 0.6) is 5.75 Å². The van der Waals surface area contributed by atoms with E-state index in [0.717, 1.165) is 37.0 Å². The molecule has 1 nitrogen and oxygen atoms in total. The predicted molar refractivity (Wildman–Crippen MR) is 84.2 cm³/mol. The molecule has 0 N–H and O–H groups in total. The van der Waals surface area contributed by atoms with Crippen molar-refractivity contribution in [3.05, 3.63) is 66.0 Å². The summed E-state index contributed by atoms with van der Waals surface area (Å²) in [6.07, 6.45) is -0.0718. The molecule has 3 rings (SSSR count). The van der Waals surface area contributed by atoms with E-state index in [1.807, 2.05) is 24.3 Å². The second kappa shape index (κ2) is 6.30. The van der Waals surface area contributed by atoms with E-state index in [9.17, 15) is 17.6 Å². The Kier molecular flexibility index (Phi) is 4.35. The first-order valence-electron chi connectivity index (χ1n) is 7.66. The van der Waals surface area contributed by atoms with Crippen LogP contribution in [-0.2, 0) is 12.8 Å². The minimum Gasteiger partial charge on any atom is -0.403 e. The van der Waals surface area contributed by atoms with Crippen molar-refractivity contribution >= 4 is 0 Å². The highest BCUT2D eigenvalue weighted by molar-refractivity contribution is 5.66. The maximum atomic E-state index is 13.9. The van der Waals surface area contributed by atoms with Crippen molar-refractivity contribution in [2.75, 3.05) is 0 Å². The Morgan fingerprint density at radius 1 is 1.04 bits per heavy atom. The third-order valence-corrected chi connectivity index (χ3v) is 4.30. The van der Waals surface area contributed by atoms with Crippen LogP contribution in [0.25, 0.3) is 11.1 Å². The molecule has 0 bridgehead atoms. The first-order chi connectivity index (χ1) is 11.4. The lowest BCUT2D eigenvalue weighted by atomic mass is 9.83. The molecule has 0 heterocycles. The predicted octanol–water partition coefficient (Wildman–Crippen LogP) is 5.68. The fraction of sp³-hybridized carbons (Fsp3) is 0.263. The molecular weight excluding hydrogens is 320 g/mol. The number of allylic oxidation sites excluding steroid dienone is 1. The van der Waals surface area contributed by atoms with Gasteiger partial charge in [0.05, 0.1) is 0 Å². The number of halogens is 4. The minimum absolute atomic E-state index is 0.472. The molecule has 5 heteroatoms. The van der Waals surface area contributed by atoms with E-state index in [0.29, 0.717) is 11.5 Å². The van der Waals surface area contributed by atoms with Gasteiger partial charge in [-0.25, -0.2) is 4.39 Å². The molecule has 0 fully saturated rings. The number of fused-ring (bicyclic) bond motifs is 1. The van der Waals surface area contributed by atoms with Crippen LogP contribution in [0.15, 0.2) is 49.1 Å². The molecule has 1 aliphatic carbocycles. The number of alkyl halides is 3. The van der Waals surface area contributed by atoms with Gasteiger partial charge in [-0.15, -0.1) is 19.8 Å². The molecule has 0 radical (unpaired) electrons. The fourth-order valence-electron chi connectivity index (χ4n) is 3.05. The van der Waals surface area contributed by atoms with Crippen molar-refractivity contribution < 1.29 is 22.3 Å². The molecule has 0 spiro atoms. The lowest BCUT2D eigenvalue weighted by Gasteiger charge is -2.22. The van der Waals surface area contributed by atoms with Crippen LogP contribution < -0.4 is 4.74 Å². The monoisotopic (exact) mass is 336 g/mol. The van der Waals surface area contributed by atoms with Gasteiger partial charge in [-0.3, -0.25) is 0 Å². The Morgan fingerprint density at radius 2 is 1.75 bits per heavy atom. The number of benzene rings is 2. The summed E-state index contributed by atoms with van der Waals surface area (Å²) in [4.78, 5) is 0. The normalized spacial score (nSPS) is 17.2. The first-order valence-corrected chi connectivity index (χ1v) is 7.66. The van der Waals surface area contributed by atoms with Gasteiger partial charge >= 0.3 is 6.36 Å². The third-order valence-electron chi connectivity index (χ3n) is 4.30. The largest absolute Gasteiger partial charge is 0.573 e. The third kappa shape index (κ3) is 3.61. The summed E-state index contributed by atoms with van der Waals surface area (Å²) >= 11 is 0. The van der Waals surface area contributed by atoms with Crippen molar-refractivity contribution in [2.24, 2.45) is 5.92 Å². The van der Waals surface area contributed by atoms with E-state index in [1.54, 1.807) is 0 Å². The van der Waals surface area contributed by atoms with Crippen molar-refractivity contribution in [3.8, 4) is 16.9 Å². The SMILES string of the molecule is C=CC1CCc2cc(-c3ccc(OC(F)(F)F)c(F)c3)ccc2C1. The summed E-state index contributed by atoms with van der Waals surface area (Å²) in [5.41, 5.74) is 3.74. The lowest BCUT2D eigenvalue weighted by molar-refractivity contribution is -0.275. The Bertz CT molecular complexity index is 764. The zero-order valence-corrected chi connectivity index (χ0v) is 12.9. The van der Waals surface area contributed by atoms with E-state index in [2.05, 4.69) is 11.3 Å². The summed E-state index contributed by atoms with van der Waals surface area (Å²) in [6.45, 7) is 3.83. The molecule has 0 aliphatic heterocycles. The topological polar surface area (TPSA) is 9.23 Å². The van der Waals surface area contributed by atoms with E-state index >= 15 is 0 Å². The molecule has 2 aromatic carbocycles. The smallest absolute Gasteiger partial charge is 0.403 e. The van der Waals surface area contributed by atoms with E-state index in [4.69, 9.17) is 0 Å². The zero-order chi connectivity index (χ0) is 17.3. The highest BCUT2D eigenvalue weighted by atomic mass is 19.4. The molecule has 0 amide bonds. The van der Waals surface area contributed by atoms with Crippen LogP contribution in [0.3, 0.4) is 0 Å². The molecule has 1 atom stereocenters. The van der Waals surface area contributed by atoms with Crippen LogP contribution >= 0.6 is 0 Å². The first kappa shape index (κ1) is 16.6. The van der Waals surface area contributed by atoms with Crippen molar-refractivity contribution in [2.45, 2.75) is 25.6 Å². The highest BCUT2D eigenvalue weighted by Gasteiger charge is 2.32. The number of ether oxygens (including phenoxy) is 1. The van der Waals surface area contributed by atoms with E-state index in [1.165, 1.54) is 17.2 Å². The molecule has 0 aromatic heterocycles. The lowest BCUT2D eigenvalue weighted by Crippen LogP contribution is -2.17. The maximum Gasteiger partial charge on any atom is 0.573 e. The van der Waals surface area contributed by atoms with Crippen LogP contribution in [0.4, 0.5) is 17.6 Å². The number of hydrogen-bond donors (Lipinski definition) is 0. The van der Waals surface area contributed by atoms with E-state index < -0.39 is 17.9 Å². The van der Waals surface area contributed by atoms with Crippen molar-refractivity contribution in [3.63, 3.8) is 0 Å². The molecule has 0 saturated heterocycles. The molecule has 2 aromatic rings. The average molecular weight is 336 g/mol. The fourth-order valence-corrected chi connectivity index (χ4v) is 3.05. The minimum atomic E-state index is -4.91. The molecule has 24 heavy (non-hydrogen) atoms. The summed E-state index contributed by atoms with van der Waals surface area (Å²) < 4.78 is 54.1. The molecule has 1 aliphatic rings. The summed E-state index contributed by atoms with van der Waals surface area (Å²) in [5.74, 6) is -1.38. The zero-order valence-electron chi connectivity index (χ0n) is 12.9. The quantitative estimate of drug-likeness (QED) is 0.517. The number of rotatable bonds is 3. The second-order valence-corrected chi connectivity index (χ2v) is 5.92. The molecule has 1 unspecified atom stereocenters. The van der Waals surface area contributed by atoms with Crippen molar-refractivity contribution in [1.82, 2.24) is 0 Å². The Balaban J connectivity index is 1.87. The Hall–Kier alpha value is -2.30. The van der Waals surface area contributed by atoms with Gasteiger partial charge in [0.15, 0.2) is 11.6 Å². The van der Waals surface area contributed by atoms with Gasteiger partial charge in [-0.05, 0) is 59.6 Å². The Morgan fingerprint density at radius 3 is 2.42 bits per heavy atom. The molecule has 0 saturated carbocycles. The standard InChI is InChI=1S/C19H16F4O/c1-2-12-3-4-14-10-15(6-5-13(14)9-12)16-7-8-18(17(20)11-16)24-19(21,22)23/h2,5-8,10-12H,1,3-4,9H2. The van der Waals surface area contributed by atoms with Crippen LogP contribution in [0.2, 0.25) is 0 Å². The van der Waals surface area contributed by atoms with Crippen LogP contribution in [-0.4, -0.2) is 6.36 Å². The molecule has 126 valence electrons. The highest BCUT2D eigenvalue weighted by Crippen LogP contribution is 2.33. The number of aryl methyl sites for hydroxylation is 1. The van der Waals surface area contributed by atoms with Gasteiger partial charge in [0, 0.05) is 0 Å². The van der Waals surface area contributed by atoms with Gasteiger partial charge in [0.1, 0.15) is 0 Å². The van der Waals surface area contributed by atoms with Gasteiger partial charge in [-0.1, -0.05) is 30.3 Å². The van der Waals surface area contributed by atoms with Gasteiger partial charge in [0.2, 0.25) is 0 Å². The summed E-state index contributed by atoms with van der Waals surface area (Å²) in [6, 6.07) is 9.35. The number of hydrogen-bond acceptors (Lipinski definition) is 1.